The van der Waals surface area contributed by atoms with Crippen molar-refractivity contribution in [3.63, 3.8) is 0 Å². The number of nitrogens with one attached hydrogen (secondary N) is 2. The van der Waals surface area contributed by atoms with Gasteiger partial charge in [0, 0.05) is 31.4 Å². The number of ether oxygens (including phenoxy) is 1. The summed E-state index contributed by atoms with van der Waals surface area (Å²) in [6, 6.07) is 7.27. The molecule has 7 heteroatoms. The normalized spacial score (nSPS) is 22.5. The first-order chi connectivity index (χ1) is 15.0. The van der Waals surface area contributed by atoms with Crippen LogP contribution in [0.2, 0.25) is 0 Å². The fourth-order valence-electron chi connectivity index (χ4n) is 4.51. The lowest BCUT2D eigenvalue weighted by Crippen LogP contribution is -2.37. The first-order valence-corrected chi connectivity index (χ1v) is 11.2. The summed E-state index contributed by atoms with van der Waals surface area (Å²) in [5.41, 5.74) is 1.27. The van der Waals surface area contributed by atoms with E-state index in [1.54, 1.807) is 19.2 Å². The Hall–Kier alpha value is -2.54. The molecule has 1 aromatic carbocycles. The van der Waals surface area contributed by atoms with E-state index in [1.807, 2.05) is 0 Å². The highest BCUT2D eigenvalue weighted by molar-refractivity contribution is 5.79. The quantitative estimate of drug-likeness (QED) is 0.704. The van der Waals surface area contributed by atoms with Crippen molar-refractivity contribution in [3.8, 4) is 0 Å². The van der Waals surface area contributed by atoms with Gasteiger partial charge in [0.1, 0.15) is 11.6 Å². The fourth-order valence-corrected chi connectivity index (χ4v) is 4.51. The van der Waals surface area contributed by atoms with Gasteiger partial charge in [0.2, 0.25) is 5.91 Å². The van der Waals surface area contributed by atoms with Crippen molar-refractivity contribution in [2.45, 2.75) is 69.4 Å². The van der Waals surface area contributed by atoms with Crippen LogP contribution in [0.15, 0.2) is 35.1 Å². The number of carbonyl (C=O) groups is 1. The first kappa shape index (κ1) is 21.7. The molecule has 0 aliphatic heterocycles. The maximum absolute atomic E-state index is 13.5. The van der Waals surface area contributed by atoms with Gasteiger partial charge in [-0.25, -0.2) is 9.37 Å². The van der Waals surface area contributed by atoms with Crippen LogP contribution >= 0.6 is 0 Å². The number of methoxy groups -OCH3 is 1. The highest BCUT2D eigenvalue weighted by Gasteiger charge is 2.28. The highest BCUT2D eigenvalue weighted by atomic mass is 19.1. The molecule has 2 saturated carbocycles. The SMILES string of the molecule is COC1CCC(C(=O)NC(Cc2cc(=O)[nH]c(C3CCC3)n2)c2ccc(F)cc2)CC1. The summed E-state index contributed by atoms with van der Waals surface area (Å²) in [5.74, 6) is 0.645. The number of aromatic amines is 1. The van der Waals surface area contributed by atoms with Gasteiger partial charge in [-0.15, -0.1) is 0 Å². The number of hydrogen-bond donors (Lipinski definition) is 2. The van der Waals surface area contributed by atoms with Crippen molar-refractivity contribution in [1.82, 2.24) is 15.3 Å². The molecule has 1 amide bonds. The minimum absolute atomic E-state index is 0.00654. The second-order valence-electron chi connectivity index (χ2n) is 8.78. The van der Waals surface area contributed by atoms with E-state index >= 15 is 0 Å². The molecule has 1 heterocycles. The molecule has 4 rings (SSSR count). The molecule has 0 saturated heterocycles. The molecule has 0 bridgehead atoms. The van der Waals surface area contributed by atoms with Crippen LogP contribution in [0.3, 0.4) is 0 Å². The lowest BCUT2D eigenvalue weighted by molar-refractivity contribution is -0.127. The fraction of sp³-hybridized carbons (Fsp3) is 0.542. The number of carbonyl (C=O) groups excluding carboxylic acids is 1. The Morgan fingerprint density at radius 3 is 2.52 bits per heavy atom. The van der Waals surface area contributed by atoms with Crippen LogP contribution < -0.4 is 10.9 Å². The van der Waals surface area contributed by atoms with Crippen molar-refractivity contribution >= 4 is 5.91 Å². The van der Waals surface area contributed by atoms with E-state index in [0.717, 1.165) is 56.3 Å². The van der Waals surface area contributed by atoms with Crippen LogP contribution in [0, 0.1) is 11.7 Å². The van der Waals surface area contributed by atoms with Gasteiger partial charge in [-0.1, -0.05) is 18.6 Å². The molecule has 1 unspecified atom stereocenters. The first-order valence-electron chi connectivity index (χ1n) is 11.2. The monoisotopic (exact) mass is 427 g/mol. The van der Waals surface area contributed by atoms with Crippen LogP contribution in [-0.2, 0) is 16.0 Å². The van der Waals surface area contributed by atoms with Crippen LogP contribution in [0.4, 0.5) is 4.39 Å². The van der Waals surface area contributed by atoms with Gasteiger partial charge >= 0.3 is 0 Å². The lowest BCUT2D eigenvalue weighted by Gasteiger charge is -2.29. The number of nitrogens with zero attached hydrogens (tertiary/aromatic N) is 1. The number of halogens is 1. The minimum Gasteiger partial charge on any atom is -0.381 e. The predicted octanol–water partition coefficient (Wildman–Crippen LogP) is 3.78. The summed E-state index contributed by atoms with van der Waals surface area (Å²) in [4.78, 5) is 32.8. The molecule has 2 aliphatic rings. The topological polar surface area (TPSA) is 84.1 Å². The zero-order chi connectivity index (χ0) is 21.8. The van der Waals surface area contributed by atoms with Gasteiger partial charge in [-0.05, 0) is 56.2 Å². The Labute approximate surface area is 181 Å². The Kier molecular flexibility index (Phi) is 6.80. The summed E-state index contributed by atoms with van der Waals surface area (Å²) < 4.78 is 18.9. The number of amides is 1. The molecule has 2 aliphatic carbocycles. The van der Waals surface area contributed by atoms with E-state index < -0.39 is 0 Å². The number of benzene rings is 1. The molecule has 0 spiro atoms. The third-order valence-electron chi connectivity index (χ3n) is 6.69. The molecule has 2 aromatic rings. The summed E-state index contributed by atoms with van der Waals surface area (Å²) in [5, 5.41) is 3.15. The molecule has 166 valence electrons. The largest absolute Gasteiger partial charge is 0.381 e. The Balaban J connectivity index is 1.52. The summed E-state index contributed by atoms with van der Waals surface area (Å²) in [6.45, 7) is 0. The second kappa shape index (κ2) is 9.73. The highest BCUT2D eigenvalue weighted by Crippen LogP contribution is 2.34. The second-order valence-corrected chi connectivity index (χ2v) is 8.78. The van der Waals surface area contributed by atoms with Crippen LogP contribution in [0.5, 0.6) is 0 Å². The van der Waals surface area contributed by atoms with E-state index in [1.165, 1.54) is 18.2 Å². The molecule has 31 heavy (non-hydrogen) atoms. The van der Waals surface area contributed by atoms with E-state index in [2.05, 4.69) is 15.3 Å². The molecule has 2 fully saturated rings. The van der Waals surface area contributed by atoms with E-state index in [4.69, 9.17) is 4.74 Å². The number of H-pyrrole nitrogens is 1. The minimum atomic E-state index is -0.378. The Morgan fingerprint density at radius 2 is 1.90 bits per heavy atom. The standard InChI is InChI=1S/C24H30FN3O3/c1-31-20-11-7-17(8-12-20)24(30)27-21(15-5-9-18(25)10-6-15)13-19-14-22(29)28-23(26-19)16-3-2-4-16/h5-6,9-10,14,16-17,20-21H,2-4,7-8,11-13H2,1H3,(H,27,30)(H,26,28,29). The molecular formula is C24H30FN3O3. The van der Waals surface area contributed by atoms with Crippen molar-refractivity contribution in [2.75, 3.05) is 7.11 Å². The molecular weight excluding hydrogens is 397 g/mol. The smallest absolute Gasteiger partial charge is 0.251 e. The summed E-state index contributed by atoms with van der Waals surface area (Å²) in [6.07, 6.45) is 7.15. The van der Waals surface area contributed by atoms with Crippen molar-refractivity contribution in [2.24, 2.45) is 5.92 Å². The summed E-state index contributed by atoms with van der Waals surface area (Å²) in [7, 11) is 1.71. The third kappa shape index (κ3) is 5.39. The number of rotatable bonds is 7. The predicted molar refractivity (Wildman–Crippen MR) is 115 cm³/mol. The average Bonchev–Trinajstić information content (AvgIpc) is 2.72. The molecule has 6 nitrogen and oxygen atoms in total. The van der Waals surface area contributed by atoms with Crippen LogP contribution in [0.25, 0.3) is 0 Å². The summed E-state index contributed by atoms with van der Waals surface area (Å²) >= 11 is 0. The average molecular weight is 428 g/mol. The molecule has 1 aromatic heterocycles. The van der Waals surface area contributed by atoms with Gasteiger partial charge < -0.3 is 15.0 Å². The molecule has 1 atom stereocenters. The van der Waals surface area contributed by atoms with Gasteiger partial charge in [0.05, 0.1) is 17.8 Å². The van der Waals surface area contributed by atoms with E-state index in [9.17, 15) is 14.0 Å². The maximum Gasteiger partial charge on any atom is 0.251 e. The Morgan fingerprint density at radius 1 is 1.19 bits per heavy atom. The van der Waals surface area contributed by atoms with Crippen molar-refractivity contribution in [3.05, 3.63) is 63.6 Å². The van der Waals surface area contributed by atoms with E-state index in [0.29, 0.717) is 18.0 Å². The maximum atomic E-state index is 13.5. The molecule has 2 N–H and O–H groups in total. The molecule has 0 radical (unpaired) electrons. The van der Waals surface area contributed by atoms with Crippen LogP contribution in [0.1, 0.15) is 74.0 Å². The number of hydrogen-bond acceptors (Lipinski definition) is 4. The van der Waals surface area contributed by atoms with E-state index in [-0.39, 0.29) is 35.3 Å². The lowest BCUT2D eigenvalue weighted by atomic mass is 9.84. The van der Waals surface area contributed by atoms with Gasteiger partial charge in [0.25, 0.3) is 5.56 Å². The zero-order valence-corrected chi connectivity index (χ0v) is 17.9. The number of aromatic nitrogens is 2. The zero-order valence-electron chi connectivity index (χ0n) is 17.9. The van der Waals surface area contributed by atoms with Crippen molar-refractivity contribution in [1.29, 1.82) is 0 Å². The van der Waals surface area contributed by atoms with Gasteiger partial charge in [-0.2, -0.15) is 0 Å². The van der Waals surface area contributed by atoms with Crippen molar-refractivity contribution < 1.29 is 13.9 Å². The van der Waals surface area contributed by atoms with Gasteiger partial charge in [-0.3, -0.25) is 9.59 Å². The van der Waals surface area contributed by atoms with Gasteiger partial charge in [0.15, 0.2) is 0 Å². The van der Waals surface area contributed by atoms with Crippen LogP contribution in [-0.4, -0.2) is 29.1 Å². The third-order valence-corrected chi connectivity index (χ3v) is 6.69. The Bertz CT molecular complexity index is 947.